The van der Waals surface area contributed by atoms with E-state index in [1.165, 1.54) is 17.3 Å². The summed E-state index contributed by atoms with van der Waals surface area (Å²) in [5.74, 6) is -4.16. The number of aliphatic hydroxyl groups excluding tert-OH is 1. The highest BCUT2D eigenvalue weighted by Crippen LogP contribution is 2.39. The van der Waals surface area contributed by atoms with E-state index in [9.17, 15) is 23.4 Å². The molecule has 1 aromatic carbocycles. The summed E-state index contributed by atoms with van der Waals surface area (Å²) in [6, 6.07) is 2.57. The van der Waals surface area contributed by atoms with E-state index >= 15 is 0 Å². The van der Waals surface area contributed by atoms with Gasteiger partial charge in [0, 0.05) is 11.6 Å². The van der Waals surface area contributed by atoms with Crippen molar-refractivity contribution in [1.29, 1.82) is 0 Å². The summed E-state index contributed by atoms with van der Waals surface area (Å²) in [5, 5.41) is 25.0. The Morgan fingerprint density at radius 2 is 1.92 bits per heavy atom. The number of aliphatic hydroxyl groups is 2. The number of halogens is 3. The molecule has 0 saturated heterocycles. The molecule has 0 saturated carbocycles. The van der Waals surface area contributed by atoms with E-state index in [2.05, 4.69) is 20.1 Å². The summed E-state index contributed by atoms with van der Waals surface area (Å²) in [4.78, 5) is 11.0. The molecule has 0 aliphatic carbocycles. The van der Waals surface area contributed by atoms with Gasteiger partial charge < -0.3 is 10.2 Å². The number of hydrogen-bond acceptors (Lipinski definition) is 6. The van der Waals surface area contributed by atoms with Crippen LogP contribution in [-0.4, -0.2) is 41.6 Å². The van der Waals surface area contributed by atoms with Gasteiger partial charge in [-0.3, -0.25) is 0 Å². The van der Waals surface area contributed by atoms with Gasteiger partial charge in [-0.25, -0.2) is 32.8 Å². The van der Waals surface area contributed by atoms with Gasteiger partial charge in [0.05, 0.1) is 31.0 Å². The van der Waals surface area contributed by atoms with Gasteiger partial charge in [0.2, 0.25) is 0 Å². The largest absolute Gasteiger partial charge is 0.396 e. The zero-order valence-corrected chi connectivity index (χ0v) is 13.3. The number of aromatic nitrogens is 5. The number of nitrogens with zero attached hydrogens (tertiary/aromatic N) is 5. The summed E-state index contributed by atoms with van der Waals surface area (Å²) in [6.45, 7) is -1.15. The second-order valence-corrected chi connectivity index (χ2v) is 5.63. The maximum atomic E-state index is 14.4. The Labute approximate surface area is 145 Å². The standard InChI is InChI=1S/C16H14F3N5O2/c17-10-1-2-11(13(18)3-10)16(26,6-24-9-21-8-23-24)12(5-25)15-14(19)4-20-7-22-15/h1-4,7-9,12,25-26H,5-6H2. The average Bonchev–Trinajstić information content (AvgIpc) is 3.09. The Kier molecular flexibility index (Phi) is 4.96. The molecule has 0 radical (unpaired) electrons. The Morgan fingerprint density at radius 1 is 1.12 bits per heavy atom. The van der Waals surface area contributed by atoms with Crippen molar-refractivity contribution in [3.05, 3.63) is 72.1 Å². The monoisotopic (exact) mass is 365 g/mol. The average molecular weight is 365 g/mol. The molecule has 7 nitrogen and oxygen atoms in total. The van der Waals surface area contributed by atoms with Gasteiger partial charge >= 0.3 is 0 Å². The van der Waals surface area contributed by atoms with E-state index in [0.717, 1.165) is 24.7 Å². The molecule has 0 bridgehead atoms. The Hall–Kier alpha value is -2.85. The maximum Gasteiger partial charge on any atom is 0.163 e. The maximum absolute atomic E-state index is 14.4. The Morgan fingerprint density at radius 3 is 2.54 bits per heavy atom. The first-order valence-electron chi connectivity index (χ1n) is 7.52. The first kappa shape index (κ1) is 18.0. The second-order valence-electron chi connectivity index (χ2n) is 5.63. The van der Waals surface area contributed by atoms with Crippen molar-refractivity contribution in [1.82, 2.24) is 24.7 Å². The highest BCUT2D eigenvalue weighted by Gasteiger charge is 2.44. The van der Waals surface area contributed by atoms with Crippen LogP contribution in [0.25, 0.3) is 0 Å². The first-order chi connectivity index (χ1) is 12.5. The first-order valence-corrected chi connectivity index (χ1v) is 7.52. The second kappa shape index (κ2) is 7.18. The number of benzene rings is 1. The van der Waals surface area contributed by atoms with Crippen LogP contribution in [0.2, 0.25) is 0 Å². The van der Waals surface area contributed by atoms with Gasteiger partial charge in [0.15, 0.2) is 5.82 Å². The van der Waals surface area contributed by atoms with E-state index in [0.29, 0.717) is 6.07 Å². The predicted molar refractivity (Wildman–Crippen MR) is 82.1 cm³/mol. The molecule has 2 atom stereocenters. The van der Waals surface area contributed by atoms with Crippen LogP contribution in [0, 0.1) is 17.5 Å². The van der Waals surface area contributed by atoms with Crippen molar-refractivity contribution in [2.75, 3.05) is 6.61 Å². The van der Waals surface area contributed by atoms with Crippen LogP contribution in [0.15, 0.2) is 43.4 Å². The molecule has 0 spiro atoms. The third kappa shape index (κ3) is 3.28. The van der Waals surface area contributed by atoms with Gasteiger partial charge in [-0.05, 0) is 6.07 Å². The zero-order valence-electron chi connectivity index (χ0n) is 13.3. The van der Waals surface area contributed by atoms with Crippen LogP contribution in [0.5, 0.6) is 0 Å². The fraction of sp³-hybridized carbons (Fsp3) is 0.250. The lowest BCUT2D eigenvalue weighted by molar-refractivity contribution is -0.0346. The Bertz CT molecular complexity index is 893. The van der Waals surface area contributed by atoms with E-state index in [1.54, 1.807) is 0 Å². The lowest BCUT2D eigenvalue weighted by Crippen LogP contribution is -2.41. The van der Waals surface area contributed by atoms with E-state index < -0.39 is 35.6 Å². The third-order valence-electron chi connectivity index (χ3n) is 4.05. The smallest absolute Gasteiger partial charge is 0.163 e. The lowest BCUT2D eigenvalue weighted by atomic mass is 9.79. The van der Waals surface area contributed by atoms with Crippen LogP contribution in [-0.2, 0) is 12.1 Å². The third-order valence-corrected chi connectivity index (χ3v) is 4.05. The van der Waals surface area contributed by atoms with Crippen LogP contribution < -0.4 is 0 Å². The molecule has 3 aromatic rings. The van der Waals surface area contributed by atoms with Crippen molar-refractivity contribution in [2.45, 2.75) is 18.1 Å². The van der Waals surface area contributed by atoms with Crippen molar-refractivity contribution in [2.24, 2.45) is 0 Å². The Balaban J connectivity index is 2.17. The molecule has 10 heteroatoms. The topological polar surface area (TPSA) is 97.0 Å². The lowest BCUT2D eigenvalue weighted by Gasteiger charge is -2.35. The fourth-order valence-electron chi connectivity index (χ4n) is 2.83. The predicted octanol–water partition coefficient (Wildman–Crippen LogP) is 1.15. The van der Waals surface area contributed by atoms with Crippen molar-refractivity contribution < 1.29 is 23.4 Å². The molecular weight excluding hydrogens is 351 g/mol. The van der Waals surface area contributed by atoms with Crippen LogP contribution in [0.1, 0.15) is 17.2 Å². The highest BCUT2D eigenvalue weighted by molar-refractivity contribution is 5.30. The molecule has 0 fully saturated rings. The van der Waals surface area contributed by atoms with Gasteiger partial charge in [0.25, 0.3) is 0 Å². The SMILES string of the molecule is OCC(c1ncncc1F)C(O)(Cn1cncn1)c1ccc(F)cc1F. The molecule has 2 unspecified atom stereocenters. The van der Waals surface area contributed by atoms with Crippen molar-refractivity contribution in [3.8, 4) is 0 Å². The minimum Gasteiger partial charge on any atom is -0.396 e. The molecule has 2 heterocycles. The number of rotatable bonds is 6. The van der Waals surface area contributed by atoms with Crippen LogP contribution in [0.4, 0.5) is 13.2 Å². The summed E-state index contributed by atoms with van der Waals surface area (Å²) >= 11 is 0. The van der Waals surface area contributed by atoms with Gasteiger partial charge in [-0.1, -0.05) is 6.07 Å². The van der Waals surface area contributed by atoms with Gasteiger partial charge in [-0.2, -0.15) is 5.10 Å². The number of hydrogen-bond donors (Lipinski definition) is 2. The molecule has 2 N–H and O–H groups in total. The summed E-state index contributed by atoms with van der Waals surface area (Å²) < 4.78 is 43.1. The molecule has 0 aliphatic rings. The van der Waals surface area contributed by atoms with Gasteiger partial charge in [-0.15, -0.1) is 0 Å². The molecule has 0 amide bonds. The van der Waals surface area contributed by atoms with E-state index in [-0.39, 0.29) is 17.8 Å². The summed E-state index contributed by atoms with van der Waals surface area (Å²) in [7, 11) is 0. The van der Waals surface area contributed by atoms with Crippen molar-refractivity contribution >= 4 is 0 Å². The highest BCUT2D eigenvalue weighted by atomic mass is 19.1. The molecule has 2 aromatic heterocycles. The molecule has 26 heavy (non-hydrogen) atoms. The minimum absolute atomic E-state index is 0.311. The quantitative estimate of drug-likeness (QED) is 0.680. The zero-order chi connectivity index (χ0) is 18.7. The molecule has 3 rings (SSSR count). The van der Waals surface area contributed by atoms with Crippen molar-refractivity contribution in [3.63, 3.8) is 0 Å². The summed E-state index contributed by atoms with van der Waals surface area (Å²) in [5.41, 5.74) is -2.85. The van der Waals surface area contributed by atoms with E-state index in [4.69, 9.17) is 0 Å². The normalized spacial score (nSPS) is 14.8. The summed E-state index contributed by atoms with van der Waals surface area (Å²) in [6.07, 6.45) is 4.36. The minimum atomic E-state index is -2.20. The van der Waals surface area contributed by atoms with E-state index in [1.807, 2.05) is 0 Å². The fourth-order valence-corrected chi connectivity index (χ4v) is 2.83. The van der Waals surface area contributed by atoms with Crippen LogP contribution >= 0.6 is 0 Å². The van der Waals surface area contributed by atoms with Gasteiger partial charge in [0.1, 0.15) is 36.2 Å². The molecule has 0 aliphatic heterocycles. The van der Waals surface area contributed by atoms with Crippen LogP contribution in [0.3, 0.4) is 0 Å². The molecule has 136 valence electrons. The molecular formula is C16H14F3N5O2.